The van der Waals surface area contributed by atoms with E-state index in [-0.39, 0.29) is 6.04 Å². The Kier molecular flexibility index (Phi) is 6.63. The molecule has 2 aromatic rings. The van der Waals surface area contributed by atoms with Gasteiger partial charge in [0.1, 0.15) is 0 Å². The van der Waals surface area contributed by atoms with Gasteiger partial charge in [-0.15, -0.1) is 0 Å². The minimum atomic E-state index is 0.153. The van der Waals surface area contributed by atoms with E-state index in [0.717, 1.165) is 37.7 Å². The van der Waals surface area contributed by atoms with E-state index in [2.05, 4.69) is 40.9 Å². The molecule has 1 unspecified atom stereocenters. The fourth-order valence-electron chi connectivity index (χ4n) is 2.20. The van der Waals surface area contributed by atoms with Gasteiger partial charge in [-0.1, -0.05) is 47.8 Å². The van der Waals surface area contributed by atoms with Crippen molar-refractivity contribution in [1.29, 1.82) is 0 Å². The Morgan fingerprint density at radius 3 is 2.48 bits per heavy atom. The smallest absolute Gasteiger partial charge is 0.0542 e. The zero-order chi connectivity index (χ0) is 15.4. The third-order valence-corrected chi connectivity index (χ3v) is 5.40. The van der Waals surface area contributed by atoms with Gasteiger partial charge in [-0.3, -0.25) is 0 Å². The molecule has 0 fully saturated rings. The van der Waals surface area contributed by atoms with Gasteiger partial charge in [-0.25, -0.2) is 0 Å². The van der Waals surface area contributed by atoms with E-state index in [1.165, 1.54) is 0 Å². The molecule has 1 atom stereocenters. The lowest BCUT2D eigenvalue weighted by molar-refractivity contribution is 0.550. The number of hydrogen-bond donors (Lipinski definition) is 1. The third kappa shape index (κ3) is 4.73. The highest BCUT2D eigenvalue weighted by Gasteiger charge is 2.14. The number of halogens is 4. The fourth-order valence-corrected chi connectivity index (χ4v) is 3.12. The molecule has 0 aromatic heterocycles. The molecule has 0 spiro atoms. The summed E-state index contributed by atoms with van der Waals surface area (Å²) in [7, 11) is 0. The Balaban J connectivity index is 2.30. The van der Waals surface area contributed by atoms with E-state index < -0.39 is 0 Å². The van der Waals surface area contributed by atoms with Crippen molar-refractivity contribution in [1.82, 2.24) is 5.32 Å². The molecule has 112 valence electrons. The van der Waals surface area contributed by atoms with Crippen LogP contribution in [0.4, 0.5) is 0 Å². The lowest BCUT2D eigenvalue weighted by atomic mass is 9.99. The van der Waals surface area contributed by atoms with E-state index in [4.69, 9.17) is 34.8 Å². The molecule has 0 saturated heterocycles. The van der Waals surface area contributed by atoms with E-state index in [1.54, 1.807) is 6.07 Å². The van der Waals surface area contributed by atoms with Crippen LogP contribution in [0.5, 0.6) is 0 Å². The van der Waals surface area contributed by atoms with Crippen LogP contribution in [0, 0.1) is 3.57 Å². The van der Waals surface area contributed by atoms with Crippen molar-refractivity contribution in [2.24, 2.45) is 0 Å². The molecule has 0 radical (unpaired) electrons. The van der Waals surface area contributed by atoms with Crippen LogP contribution in [0.2, 0.25) is 15.1 Å². The third-order valence-electron chi connectivity index (χ3n) is 3.23. The summed E-state index contributed by atoms with van der Waals surface area (Å²) >= 11 is 20.8. The van der Waals surface area contributed by atoms with Gasteiger partial charge in [0, 0.05) is 19.7 Å². The van der Waals surface area contributed by atoms with Crippen LogP contribution in [0.25, 0.3) is 0 Å². The average molecular weight is 455 g/mol. The van der Waals surface area contributed by atoms with Gasteiger partial charge in [-0.2, -0.15) is 0 Å². The molecule has 21 heavy (non-hydrogen) atoms. The summed E-state index contributed by atoms with van der Waals surface area (Å²) in [6, 6.07) is 11.8. The minimum Gasteiger partial charge on any atom is -0.310 e. The van der Waals surface area contributed by atoms with E-state index in [9.17, 15) is 0 Å². The van der Waals surface area contributed by atoms with Gasteiger partial charge in [0.05, 0.1) is 5.02 Å². The molecule has 2 rings (SSSR count). The van der Waals surface area contributed by atoms with E-state index in [1.807, 2.05) is 24.3 Å². The van der Waals surface area contributed by atoms with Crippen molar-refractivity contribution in [2.75, 3.05) is 6.54 Å². The number of nitrogens with one attached hydrogen (secondary N) is 1. The molecule has 1 nitrogen and oxygen atoms in total. The van der Waals surface area contributed by atoms with Crippen LogP contribution >= 0.6 is 57.4 Å². The highest BCUT2D eigenvalue weighted by atomic mass is 127. The summed E-state index contributed by atoms with van der Waals surface area (Å²) in [5.74, 6) is 0. The first-order valence-electron chi connectivity index (χ1n) is 6.63. The first-order valence-corrected chi connectivity index (χ1v) is 8.84. The number of benzene rings is 2. The normalized spacial score (nSPS) is 12.4. The Labute approximate surface area is 154 Å². The zero-order valence-electron chi connectivity index (χ0n) is 11.5. The van der Waals surface area contributed by atoms with E-state index in [0.29, 0.717) is 5.02 Å². The van der Waals surface area contributed by atoms with Crippen LogP contribution in [0.3, 0.4) is 0 Å². The highest BCUT2D eigenvalue weighted by molar-refractivity contribution is 14.1. The van der Waals surface area contributed by atoms with Gasteiger partial charge in [-0.05, 0) is 77.0 Å². The van der Waals surface area contributed by atoms with E-state index >= 15 is 0 Å². The number of rotatable bonds is 5. The maximum absolute atomic E-state index is 6.27. The standard InChI is InChI=1S/C16H15Cl3IN/c1-2-21-16(10-3-6-15(20)14(19)8-10)9-11-7-12(17)4-5-13(11)18/h3-8,16,21H,2,9H2,1H3. The van der Waals surface area contributed by atoms with Crippen molar-refractivity contribution in [2.45, 2.75) is 19.4 Å². The molecule has 0 bridgehead atoms. The predicted molar refractivity (Wildman–Crippen MR) is 101 cm³/mol. The maximum Gasteiger partial charge on any atom is 0.0542 e. The SMILES string of the molecule is CCNC(Cc1cc(Cl)ccc1Cl)c1ccc(I)c(Cl)c1. The van der Waals surface area contributed by atoms with Crippen LogP contribution < -0.4 is 5.32 Å². The molecule has 0 saturated carbocycles. The van der Waals surface area contributed by atoms with Crippen LogP contribution in [-0.2, 0) is 6.42 Å². The molecule has 5 heteroatoms. The van der Waals surface area contributed by atoms with Gasteiger partial charge in [0.25, 0.3) is 0 Å². The monoisotopic (exact) mass is 453 g/mol. The molecule has 0 heterocycles. The first-order chi connectivity index (χ1) is 10.0. The number of likely N-dealkylation sites (N-methyl/N-ethyl adjacent to an activating group) is 1. The molecule has 2 aromatic carbocycles. The summed E-state index contributed by atoms with van der Waals surface area (Å²) < 4.78 is 1.05. The second-order valence-electron chi connectivity index (χ2n) is 4.72. The molecule has 0 aliphatic heterocycles. The largest absolute Gasteiger partial charge is 0.310 e. The quantitative estimate of drug-likeness (QED) is 0.535. The van der Waals surface area contributed by atoms with Crippen molar-refractivity contribution in [3.63, 3.8) is 0 Å². The van der Waals surface area contributed by atoms with Crippen molar-refractivity contribution in [3.8, 4) is 0 Å². The first kappa shape index (κ1) is 17.4. The van der Waals surface area contributed by atoms with Crippen LogP contribution in [0.15, 0.2) is 36.4 Å². The van der Waals surface area contributed by atoms with Crippen molar-refractivity contribution < 1.29 is 0 Å². The van der Waals surface area contributed by atoms with Crippen molar-refractivity contribution >= 4 is 57.4 Å². The second kappa shape index (κ2) is 8.02. The lowest BCUT2D eigenvalue weighted by Gasteiger charge is -2.20. The summed E-state index contributed by atoms with van der Waals surface area (Å²) in [4.78, 5) is 0. The molecule has 1 N–H and O–H groups in total. The van der Waals surface area contributed by atoms with Gasteiger partial charge in [0.15, 0.2) is 0 Å². The molecule has 0 aliphatic rings. The molecule has 0 amide bonds. The summed E-state index contributed by atoms with van der Waals surface area (Å²) in [5, 5.41) is 5.68. The molecular formula is C16H15Cl3IN. The average Bonchev–Trinajstić information content (AvgIpc) is 2.45. The Bertz CT molecular complexity index is 631. The van der Waals surface area contributed by atoms with Crippen LogP contribution in [0.1, 0.15) is 24.1 Å². The Hall–Kier alpha value is -0.0000000000000000555. The predicted octanol–water partition coefficient (Wildman–Crippen LogP) is 6.14. The molecule has 0 aliphatic carbocycles. The summed E-state index contributed by atoms with van der Waals surface area (Å²) in [6.45, 7) is 2.95. The zero-order valence-corrected chi connectivity index (χ0v) is 15.9. The highest BCUT2D eigenvalue weighted by Crippen LogP contribution is 2.28. The lowest BCUT2D eigenvalue weighted by Crippen LogP contribution is -2.23. The topological polar surface area (TPSA) is 12.0 Å². The van der Waals surface area contributed by atoms with Crippen LogP contribution in [-0.4, -0.2) is 6.54 Å². The summed E-state index contributed by atoms with van der Waals surface area (Å²) in [5.41, 5.74) is 2.18. The van der Waals surface area contributed by atoms with Gasteiger partial charge in [0.2, 0.25) is 0 Å². The Morgan fingerprint density at radius 1 is 1.05 bits per heavy atom. The second-order valence-corrected chi connectivity index (χ2v) is 7.14. The van der Waals surface area contributed by atoms with Crippen molar-refractivity contribution in [3.05, 3.63) is 66.2 Å². The fraction of sp³-hybridized carbons (Fsp3) is 0.250. The van der Waals surface area contributed by atoms with Gasteiger partial charge < -0.3 is 5.32 Å². The van der Waals surface area contributed by atoms with Gasteiger partial charge >= 0.3 is 0 Å². The molecular weight excluding hydrogens is 439 g/mol. The summed E-state index contributed by atoms with van der Waals surface area (Å²) in [6.07, 6.45) is 0.768. The number of hydrogen-bond acceptors (Lipinski definition) is 1. The minimum absolute atomic E-state index is 0.153. The Morgan fingerprint density at radius 2 is 1.81 bits per heavy atom. The maximum atomic E-state index is 6.27.